The molecule has 1 aromatic rings. The van der Waals surface area contributed by atoms with Crippen LogP contribution in [0.4, 0.5) is 9.18 Å². The third-order valence-electron chi connectivity index (χ3n) is 3.61. The molecule has 0 radical (unpaired) electrons. The predicted molar refractivity (Wildman–Crippen MR) is 79.9 cm³/mol. The van der Waals surface area contributed by atoms with Crippen LogP contribution in [0.2, 0.25) is 0 Å². The van der Waals surface area contributed by atoms with Crippen molar-refractivity contribution in [2.24, 2.45) is 0 Å². The molecule has 1 amide bonds. The molecule has 4 nitrogen and oxygen atoms in total. The van der Waals surface area contributed by atoms with Crippen molar-refractivity contribution in [3.8, 4) is 5.75 Å². The van der Waals surface area contributed by atoms with Gasteiger partial charge in [-0.3, -0.25) is 4.90 Å². The lowest BCUT2D eigenvalue weighted by Crippen LogP contribution is -2.55. The summed E-state index contributed by atoms with van der Waals surface area (Å²) in [6.07, 6.45) is 1.45. The monoisotopic (exact) mass is 294 g/mol. The summed E-state index contributed by atoms with van der Waals surface area (Å²) >= 11 is 0. The topological polar surface area (TPSA) is 41.6 Å². The highest BCUT2D eigenvalue weighted by molar-refractivity contribution is 5.72. The Morgan fingerprint density at radius 2 is 1.81 bits per heavy atom. The first-order chi connectivity index (χ1) is 9.88. The summed E-state index contributed by atoms with van der Waals surface area (Å²) in [6, 6.07) is 5.68. The van der Waals surface area contributed by atoms with E-state index in [0.29, 0.717) is 5.75 Å². The lowest BCUT2D eigenvalue weighted by molar-refractivity contribution is 0.0644. The highest BCUT2D eigenvalue weighted by atomic mass is 19.1. The standard InChI is InChI=1S/C16H23FN2O2/c1-16(2,3)19(13-8-10-18-11-9-13)15(20)21-14-6-4-12(17)5-7-14/h4-7,13,18H,8-11H2,1-3H3. The summed E-state index contributed by atoms with van der Waals surface area (Å²) in [5.74, 6) is 0.0189. The molecule has 1 saturated heterocycles. The number of hydrogen-bond acceptors (Lipinski definition) is 3. The minimum atomic E-state index is -0.374. The van der Waals surface area contributed by atoms with Crippen LogP contribution in [-0.4, -0.2) is 35.7 Å². The van der Waals surface area contributed by atoms with Crippen LogP contribution in [0.25, 0.3) is 0 Å². The van der Waals surface area contributed by atoms with Crippen molar-refractivity contribution in [3.63, 3.8) is 0 Å². The van der Waals surface area contributed by atoms with Gasteiger partial charge in [0.15, 0.2) is 0 Å². The molecule has 0 aliphatic carbocycles. The van der Waals surface area contributed by atoms with Gasteiger partial charge in [-0.2, -0.15) is 0 Å². The zero-order valence-electron chi connectivity index (χ0n) is 12.9. The smallest absolute Gasteiger partial charge is 0.410 e. The SMILES string of the molecule is CC(C)(C)N(C(=O)Oc1ccc(F)cc1)C1CCNCC1. The minimum Gasteiger partial charge on any atom is -0.410 e. The Morgan fingerprint density at radius 1 is 1.24 bits per heavy atom. The number of benzene rings is 1. The average molecular weight is 294 g/mol. The first kappa shape index (κ1) is 15.8. The van der Waals surface area contributed by atoms with Crippen molar-refractivity contribution in [2.75, 3.05) is 13.1 Å². The molecular weight excluding hydrogens is 271 g/mol. The van der Waals surface area contributed by atoms with Crippen LogP contribution >= 0.6 is 0 Å². The second-order valence-corrected chi connectivity index (χ2v) is 6.34. The molecule has 1 aromatic carbocycles. The van der Waals surface area contributed by atoms with E-state index in [1.165, 1.54) is 24.3 Å². The molecule has 1 heterocycles. The molecule has 1 N–H and O–H groups in total. The van der Waals surface area contributed by atoms with Gasteiger partial charge in [0.25, 0.3) is 0 Å². The molecule has 1 aliphatic rings. The fourth-order valence-electron chi connectivity index (χ4n) is 2.69. The zero-order chi connectivity index (χ0) is 15.5. The number of amides is 1. The van der Waals surface area contributed by atoms with Gasteiger partial charge in [0.2, 0.25) is 0 Å². The van der Waals surface area contributed by atoms with E-state index in [4.69, 9.17) is 4.74 Å². The molecule has 5 heteroatoms. The van der Waals surface area contributed by atoms with Crippen molar-refractivity contribution in [1.29, 1.82) is 0 Å². The molecule has 0 atom stereocenters. The summed E-state index contributed by atoms with van der Waals surface area (Å²) in [7, 11) is 0. The Morgan fingerprint density at radius 3 is 2.33 bits per heavy atom. The van der Waals surface area contributed by atoms with Crippen LogP contribution in [0.5, 0.6) is 5.75 Å². The van der Waals surface area contributed by atoms with E-state index in [1.54, 1.807) is 4.90 Å². The van der Waals surface area contributed by atoms with Gasteiger partial charge in [-0.25, -0.2) is 9.18 Å². The van der Waals surface area contributed by atoms with Crippen molar-refractivity contribution in [3.05, 3.63) is 30.1 Å². The van der Waals surface area contributed by atoms with Crippen LogP contribution in [0, 0.1) is 5.82 Å². The number of halogens is 1. The Bertz CT molecular complexity index is 476. The van der Waals surface area contributed by atoms with Gasteiger partial charge >= 0.3 is 6.09 Å². The van der Waals surface area contributed by atoms with E-state index >= 15 is 0 Å². The predicted octanol–water partition coefficient (Wildman–Crippen LogP) is 3.18. The van der Waals surface area contributed by atoms with E-state index < -0.39 is 0 Å². The number of hydrogen-bond donors (Lipinski definition) is 1. The van der Waals surface area contributed by atoms with E-state index in [2.05, 4.69) is 5.32 Å². The molecule has 1 aliphatic heterocycles. The Labute approximate surface area is 125 Å². The molecule has 0 aromatic heterocycles. The van der Waals surface area contributed by atoms with Crippen molar-refractivity contribution in [2.45, 2.75) is 45.2 Å². The van der Waals surface area contributed by atoms with E-state index in [9.17, 15) is 9.18 Å². The van der Waals surface area contributed by atoms with Crippen molar-refractivity contribution >= 4 is 6.09 Å². The molecule has 2 rings (SSSR count). The average Bonchev–Trinajstić information content (AvgIpc) is 2.41. The van der Waals surface area contributed by atoms with E-state index in [0.717, 1.165) is 25.9 Å². The highest BCUT2D eigenvalue weighted by Gasteiger charge is 2.35. The Kier molecular flexibility index (Phi) is 4.83. The van der Waals surface area contributed by atoms with Gasteiger partial charge in [0.05, 0.1) is 0 Å². The summed E-state index contributed by atoms with van der Waals surface area (Å²) in [4.78, 5) is 14.3. The Hall–Kier alpha value is -1.62. The van der Waals surface area contributed by atoms with Crippen molar-refractivity contribution < 1.29 is 13.9 Å². The molecule has 0 bridgehead atoms. The number of carbonyl (C=O) groups excluding carboxylic acids is 1. The quantitative estimate of drug-likeness (QED) is 0.911. The number of piperidine rings is 1. The van der Waals surface area contributed by atoms with Crippen LogP contribution in [0.3, 0.4) is 0 Å². The molecule has 1 fully saturated rings. The maximum Gasteiger partial charge on any atom is 0.415 e. The van der Waals surface area contributed by atoms with E-state index in [-0.39, 0.29) is 23.5 Å². The molecule has 21 heavy (non-hydrogen) atoms. The molecule has 0 unspecified atom stereocenters. The fourth-order valence-corrected chi connectivity index (χ4v) is 2.69. The fraction of sp³-hybridized carbons (Fsp3) is 0.562. The number of nitrogens with zero attached hydrogens (tertiary/aromatic N) is 1. The van der Waals surface area contributed by atoms with Gasteiger partial charge in [0.1, 0.15) is 11.6 Å². The second-order valence-electron chi connectivity index (χ2n) is 6.34. The van der Waals surface area contributed by atoms with Gasteiger partial charge in [0, 0.05) is 11.6 Å². The molecule has 0 saturated carbocycles. The third-order valence-corrected chi connectivity index (χ3v) is 3.61. The first-order valence-electron chi connectivity index (χ1n) is 7.35. The van der Waals surface area contributed by atoms with E-state index in [1.807, 2.05) is 20.8 Å². The molecule has 0 spiro atoms. The number of ether oxygens (including phenoxy) is 1. The normalized spacial score (nSPS) is 16.6. The van der Waals surface area contributed by atoms with Gasteiger partial charge in [-0.05, 0) is 71.0 Å². The largest absolute Gasteiger partial charge is 0.415 e. The summed E-state index contributed by atoms with van der Waals surface area (Å²) in [6.45, 7) is 7.81. The lowest BCUT2D eigenvalue weighted by Gasteiger charge is -2.42. The number of nitrogens with one attached hydrogen (secondary N) is 1. The van der Waals surface area contributed by atoms with Crippen LogP contribution in [-0.2, 0) is 0 Å². The van der Waals surface area contributed by atoms with Crippen LogP contribution in [0.15, 0.2) is 24.3 Å². The lowest BCUT2D eigenvalue weighted by atomic mass is 9.98. The van der Waals surface area contributed by atoms with Gasteiger partial charge in [-0.15, -0.1) is 0 Å². The maximum absolute atomic E-state index is 12.9. The summed E-state index contributed by atoms with van der Waals surface area (Å²) in [5.41, 5.74) is -0.320. The zero-order valence-corrected chi connectivity index (χ0v) is 12.9. The Balaban J connectivity index is 2.12. The van der Waals surface area contributed by atoms with Crippen molar-refractivity contribution in [1.82, 2.24) is 10.2 Å². The maximum atomic E-state index is 12.9. The summed E-state index contributed by atoms with van der Waals surface area (Å²) < 4.78 is 18.3. The van der Waals surface area contributed by atoms with Gasteiger partial charge < -0.3 is 10.1 Å². The van der Waals surface area contributed by atoms with Gasteiger partial charge in [-0.1, -0.05) is 0 Å². The second kappa shape index (κ2) is 6.43. The van der Waals surface area contributed by atoms with Crippen LogP contribution < -0.4 is 10.1 Å². The highest BCUT2D eigenvalue weighted by Crippen LogP contribution is 2.24. The number of carbonyl (C=O) groups is 1. The molecular formula is C16H23FN2O2. The first-order valence-corrected chi connectivity index (χ1v) is 7.35. The third kappa shape index (κ3) is 4.17. The molecule has 116 valence electrons. The van der Waals surface area contributed by atoms with Crippen LogP contribution in [0.1, 0.15) is 33.6 Å². The number of rotatable bonds is 2. The summed E-state index contributed by atoms with van der Waals surface area (Å²) in [5, 5.41) is 3.30. The minimum absolute atomic E-state index is 0.166.